The van der Waals surface area contributed by atoms with Crippen LogP contribution in [0.4, 0.5) is 5.69 Å². The van der Waals surface area contributed by atoms with Crippen molar-refractivity contribution in [1.82, 2.24) is 0 Å². The lowest BCUT2D eigenvalue weighted by Gasteiger charge is -2.07. The largest absolute Gasteiger partial charge is 0.481 e. The third-order valence-corrected chi connectivity index (χ3v) is 2.17. The van der Waals surface area contributed by atoms with E-state index in [1.54, 1.807) is 0 Å². The lowest BCUT2D eigenvalue weighted by molar-refractivity contribution is -0.141. The van der Waals surface area contributed by atoms with Gasteiger partial charge in [-0.25, -0.2) is 0 Å². The molecule has 5 heteroatoms. The van der Waals surface area contributed by atoms with Crippen LogP contribution < -0.4 is 5.73 Å². The van der Waals surface area contributed by atoms with Gasteiger partial charge in [-0.2, -0.15) is 0 Å². The zero-order valence-electron chi connectivity index (χ0n) is 11.5. The average molecular weight is 245 g/mol. The van der Waals surface area contributed by atoms with Gasteiger partial charge in [0.25, 0.3) is 0 Å². The molecule has 0 saturated heterocycles. The van der Waals surface area contributed by atoms with Crippen LogP contribution in [0.15, 0.2) is 18.2 Å². The van der Waals surface area contributed by atoms with Gasteiger partial charge in [-0.15, -0.1) is 0 Å². The highest BCUT2D eigenvalue weighted by Gasteiger charge is 2.18. The second-order valence-electron chi connectivity index (χ2n) is 3.24. The maximum atomic E-state index is 11.9. The number of benzene rings is 1. The number of carbonyl (C=O) groups excluding carboxylic acids is 1. The number of halogens is 1. The summed E-state index contributed by atoms with van der Waals surface area (Å²) >= 11 is 5.65. The van der Waals surface area contributed by atoms with Gasteiger partial charge in [0, 0.05) is 24.1 Å². The van der Waals surface area contributed by atoms with Gasteiger partial charge in [-0.05, 0) is 18.2 Å². The Labute approximate surface area is 102 Å². The number of ketones is 1. The Hall–Kier alpha value is -1.55. The quantitative estimate of drug-likeness (QED) is 0.629. The molecule has 1 rings (SSSR count). The van der Waals surface area contributed by atoms with Crippen molar-refractivity contribution in [3.63, 3.8) is 0 Å². The molecule has 0 fully saturated rings. The van der Waals surface area contributed by atoms with E-state index in [2.05, 4.69) is 0 Å². The summed E-state index contributed by atoms with van der Waals surface area (Å²) in [7, 11) is 0. The zero-order chi connectivity index (χ0) is 15.0. The number of anilines is 1. The molecule has 4 nitrogen and oxygen atoms in total. The summed E-state index contributed by atoms with van der Waals surface area (Å²) < 4.78 is 22.5. The lowest BCUT2D eigenvalue weighted by atomic mass is 9.99. The van der Waals surface area contributed by atoms with Crippen LogP contribution in [0.2, 0.25) is 5.02 Å². The number of Topliss-reactive ketones (excluding diaryl/α,β-unsaturated/α-hetero) is 1. The molecule has 0 radical (unpaired) electrons. The molecule has 0 spiro atoms. The Morgan fingerprint density at radius 1 is 1.75 bits per heavy atom. The Bertz CT molecular complexity index is 561. The topological polar surface area (TPSA) is 80.4 Å². The fourth-order valence-corrected chi connectivity index (χ4v) is 1.23. The molecule has 86 valence electrons. The number of carboxylic acids is 1. The predicted molar refractivity (Wildman–Crippen MR) is 61.6 cm³/mol. The van der Waals surface area contributed by atoms with E-state index in [9.17, 15) is 9.59 Å². The third-order valence-electron chi connectivity index (χ3n) is 1.97. The van der Waals surface area contributed by atoms with Crippen molar-refractivity contribution in [1.29, 1.82) is 0 Å². The fourth-order valence-electron chi connectivity index (χ4n) is 1.08. The lowest BCUT2D eigenvalue weighted by Crippen LogP contribution is -2.15. The van der Waals surface area contributed by atoms with E-state index >= 15 is 0 Å². The first-order valence-corrected chi connectivity index (χ1v) is 4.77. The Balaban J connectivity index is 3.19. The van der Waals surface area contributed by atoms with Crippen LogP contribution in [0.5, 0.6) is 0 Å². The Kier molecular flexibility index (Phi) is 2.67. The molecule has 0 saturated carbocycles. The molecular formula is C11H12ClNO3. The van der Waals surface area contributed by atoms with Crippen LogP contribution in [-0.4, -0.2) is 16.9 Å². The van der Waals surface area contributed by atoms with E-state index in [-0.39, 0.29) is 28.4 Å². The van der Waals surface area contributed by atoms with Gasteiger partial charge in [0.15, 0.2) is 5.78 Å². The minimum atomic E-state index is -1.99. The van der Waals surface area contributed by atoms with Crippen molar-refractivity contribution < 1.29 is 18.8 Å². The number of hydrogen-bond donors (Lipinski definition) is 2. The smallest absolute Gasteiger partial charge is 0.306 e. The van der Waals surface area contributed by atoms with E-state index in [0.717, 1.165) is 13.0 Å². The van der Waals surface area contributed by atoms with Crippen LogP contribution in [0.3, 0.4) is 0 Å². The summed E-state index contributed by atoms with van der Waals surface area (Å²) in [5.41, 5.74) is 5.19. The zero-order valence-corrected chi connectivity index (χ0v) is 9.26. The van der Waals surface area contributed by atoms with Gasteiger partial charge < -0.3 is 10.8 Å². The Morgan fingerprint density at radius 2 is 2.38 bits per heavy atom. The second kappa shape index (κ2) is 4.99. The highest BCUT2D eigenvalue weighted by atomic mass is 35.5. The van der Waals surface area contributed by atoms with Gasteiger partial charge in [0.05, 0.1) is 8.64 Å². The summed E-state index contributed by atoms with van der Waals surface area (Å²) in [5, 5.41) is 8.61. The molecule has 0 amide bonds. The number of aliphatic carboxylic acids is 1. The van der Waals surface area contributed by atoms with Crippen molar-refractivity contribution in [3.05, 3.63) is 28.7 Å². The maximum Gasteiger partial charge on any atom is 0.306 e. The van der Waals surface area contributed by atoms with Crippen molar-refractivity contribution in [2.75, 3.05) is 5.73 Å². The van der Waals surface area contributed by atoms with E-state index in [1.165, 1.54) is 0 Å². The van der Waals surface area contributed by atoms with Crippen molar-refractivity contribution in [2.24, 2.45) is 5.89 Å². The molecule has 16 heavy (non-hydrogen) atoms. The standard InChI is InChI=1S/C11H12ClNO3/c1-6(11(15)16)4-10(14)8-3-2-7(12)5-9(8)13/h2-3,5-6H,4,13H2,1H3,(H,15,16)/i2D,5D,6D. The number of carboxylic acid groups (broad SMARTS) is 1. The summed E-state index contributed by atoms with van der Waals surface area (Å²) in [6.45, 7) is 1.09. The number of nitrogen functional groups attached to an aromatic ring is 1. The van der Waals surface area contributed by atoms with Gasteiger partial charge >= 0.3 is 5.97 Å². The first kappa shape index (κ1) is 8.58. The predicted octanol–water partition coefficient (Wildman–Crippen LogP) is 2.22. The first-order valence-electron chi connectivity index (χ1n) is 5.89. The third kappa shape index (κ3) is 2.97. The van der Waals surface area contributed by atoms with Crippen LogP contribution >= 0.6 is 11.6 Å². The fraction of sp³-hybridized carbons (Fsp3) is 0.273. The average Bonchev–Trinajstić information content (AvgIpc) is 2.30. The van der Waals surface area contributed by atoms with Crippen molar-refractivity contribution in [2.45, 2.75) is 13.3 Å². The SMILES string of the molecule is [2H]c1cc(C(=O)CC([2H])(C)C(=O)O)c(N)c([2H])c1Cl. The van der Waals surface area contributed by atoms with E-state index < -0.39 is 24.1 Å². The Morgan fingerprint density at radius 3 is 2.94 bits per heavy atom. The molecule has 1 atom stereocenters. The molecule has 0 aromatic heterocycles. The summed E-state index contributed by atoms with van der Waals surface area (Å²) in [6.07, 6.45) is -0.604. The monoisotopic (exact) mass is 244 g/mol. The van der Waals surface area contributed by atoms with Crippen LogP contribution in [-0.2, 0) is 4.79 Å². The number of hydrogen-bond acceptors (Lipinski definition) is 3. The normalized spacial score (nSPS) is 16.8. The summed E-state index contributed by atoms with van der Waals surface area (Å²) in [5.74, 6) is -4.14. The van der Waals surface area contributed by atoms with Crippen molar-refractivity contribution >= 4 is 29.0 Å². The number of nitrogens with two attached hydrogens (primary N) is 1. The highest BCUT2D eigenvalue weighted by Crippen LogP contribution is 2.20. The van der Waals surface area contributed by atoms with Crippen LogP contribution in [0, 0.1) is 5.89 Å². The molecule has 0 aliphatic carbocycles. The molecular weight excluding hydrogens is 230 g/mol. The molecule has 1 aromatic carbocycles. The van der Waals surface area contributed by atoms with Crippen LogP contribution in [0.25, 0.3) is 0 Å². The summed E-state index contributed by atoms with van der Waals surface area (Å²) in [4.78, 5) is 22.7. The molecule has 0 bridgehead atoms. The second-order valence-corrected chi connectivity index (χ2v) is 3.62. The van der Waals surface area contributed by atoms with E-state index in [1.807, 2.05) is 0 Å². The number of rotatable bonds is 4. The van der Waals surface area contributed by atoms with Gasteiger partial charge in [-0.1, -0.05) is 18.5 Å². The molecule has 1 unspecified atom stereocenters. The molecule has 0 heterocycles. The molecule has 1 aromatic rings. The maximum absolute atomic E-state index is 11.9. The summed E-state index contributed by atoms with van der Waals surface area (Å²) in [6, 6.07) is 0.487. The molecule has 3 N–H and O–H groups in total. The minimum Gasteiger partial charge on any atom is -0.481 e. The minimum absolute atomic E-state index is 0.154. The first-order chi connectivity index (χ1) is 8.58. The highest BCUT2D eigenvalue weighted by molar-refractivity contribution is 6.31. The van der Waals surface area contributed by atoms with Gasteiger partial charge in [0.2, 0.25) is 0 Å². The van der Waals surface area contributed by atoms with Crippen molar-refractivity contribution in [3.8, 4) is 0 Å². The van der Waals surface area contributed by atoms with Crippen LogP contribution in [0.1, 0.15) is 27.8 Å². The van der Waals surface area contributed by atoms with E-state index in [4.69, 9.17) is 26.6 Å². The van der Waals surface area contributed by atoms with E-state index in [0.29, 0.717) is 0 Å². The molecule has 0 aliphatic heterocycles. The van der Waals surface area contributed by atoms with Gasteiger partial charge in [-0.3, -0.25) is 9.59 Å². The number of carbonyl (C=O) groups is 2. The van der Waals surface area contributed by atoms with Gasteiger partial charge in [0.1, 0.15) is 0 Å². The molecule has 0 aliphatic rings.